The zero-order valence-corrected chi connectivity index (χ0v) is 9.54. The normalized spacial score (nSPS) is 10.5. The topological polar surface area (TPSA) is 82.3 Å². The summed E-state index contributed by atoms with van der Waals surface area (Å²) in [6, 6.07) is 1.54. The smallest absolute Gasteiger partial charge is 0.330 e. The summed E-state index contributed by atoms with van der Waals surface area (Å²) in [6.45, 7) is 3.62. The molecule has 0 N–H and O–H groups in total. The van der Waals surface area contributed by atoms with E-state index in [1.54, 1.807) is 13.8 Å². The van der Waals surface area contributed by atoms with Gasteiger partial charge in [-0.3, -0.25) is 10.1 Å². The van der Waals surface area contributed by atoms with Crippen LogP contribution in [0.15, 0.2) is 18.3 Å². The number of ether oxygens (including phenoxy) is 1. The predicted octanol–water partition coefficient (Wildman–Crippen LogP) is 1.87. The minimum atomic E-state index is -0.499. The zero-order valence-electron chi connectivity index (χ0n) is 9.54. The van der Waals surface area contributed by atoms with Gasteiger partial charge < -0.3 is 4.74 Å². The molecule has 1 rings (SSSR count). The molecule has 0 radical (unpaired) electrons. The van der Waals surface area contributed by atoms with Gasteiger partial charge in [-0.05, 0) is 26.0 Å². The Balaban J connectivity index is 2.84. The van der Waals surface area contributed by atoms with E-state index in [9.17, 15) is 14.9 Å². The Kier molecular flexibility index (Phi) is 4.33. The largest absolute Gasteiger partial charge is 0.463 e. The maximum Gasteiger partial charge on any atom is 0.330 e. The summed E-state index contributed by atoms with van der Waals surface area (Å²) < 4.78 is 4.69. The number of carbonyl (C=O) groups is 1. The van der Waals surface area contributed by atoms with E-state index in [2.05, 4.69) is 4.98 Å². The number of nitro groups is 1. The van der Waals surface area contributed by atoms with Crippen molar-refractivity contribution in [2.75, 3.05) is 6.61 Å². The molecule has 0 atom stereocenters. The van der Waals surface area contributed by atoms with Gasteiger partial charge in [0.05, 0.1) is 17.2 Å². The minimum Gasteiger partial charge on any atom is -0.463 e. The van der Waals surface area contributed by atoms with Gasteiger partial charge in [-0.1, -0.05) is 0 Å². The van der Waals surface area contributed by atoms with Crippen molar-refractivity contribution in [1.29, 1.82) is 0 Å². The summed E-state index contributed by atoms with van der Waals surface area (Å²) in [4.78, 5) is 24.9. The molecular formula is C11H12N2O4. The van der Waals surface area contributed by atoms with Gasteiger partial charge in [-0.15, -0.1) is 0 Å². The van der Waals surface area contributed by atoms with Crippen LogP contribution in [0.25, 0.3) is 6.08 Å². The summed E-state index contributed by atoms with van der Waals surface area (Å²) in [6.07, 6.45) is 3.85. The first-order valence-corrected chi connectivity index (χ1v) is 5.00. The summed E-state index contributed by atoms with van der Waals surface area (Å²) in [7, 11) is 0. The molecule has 0 aromatic carbocycles. The lowest BCUT2D eigenvalue weighted by Gasteiger charge is -1.98. The highest BCUT2D eigenvalue weighted by Crippen LogP contribution is 2.16. The molecule has 0 fully saturated rings. The standard InChI is InChI=1S/C11H12N2O4/c1-3-17-11(14)5-4-9-6-8(2)10(7-12-9)13(15)16/h4-7H,3H2,1-2H3. The second kappa shape index (κ2) is 5.74. The fourth-order valence-electron chi connectivity index (χ4n) is 1.20. The van der Waals surface area contributed by atoms with Crippen LogP contribution in [0.1, 0.15) is 18.2 Å². The van der Waals surface area contributed by atoms with E-state index in [4.69, 9.17) is 4.74 Å². The molecule has 0 bridgehead atoms. The Morgan fingerprint density at radius 2 is 2.35 bits per heavy atom. The van der Waals surface area contributed by atoms with Gasteiger partial charge in [-0.25, -0.2) is 9.78 Å². The van der Waals surface area contributed by atoms with Crippen LogP contribution in [0.2, 0.25) is 0 Å². The minimum absolute atomic E-state index is 0.0433. The molecule has 0 amide bonds. The lowest BCUT2D eigenvalue weighted by Crippen LogP contribution is -1.99. The number of aryl methyl sites for hydroxylation is 1. The number of hydrogen-bond acceptors (Lipinski definition) is 5. The van der Waals surface area contributed by atoms with Crippen LogP contribution in [-0.2, 0) is 9.53 Å². The van der Waals surface area contributed by atoms with Crippen molar-refractivity contribution in [2.24, 2.45) is 0 Å². The third kappa shape index (κ3) is 3.67. The van der Waals surface area contributed by atoms with Gasteiger partial charge >= 0.3 is 5.97 Å². The maximum atomic E-state index is 11.0. The molecule has 1 aromatic rings. The van der Waals surface area contributed by atoms with Crippen molar-refractivity contribution in [2.45, 2.75) is 13.8 Å². The van der Waals surface area contributed by atoms with Crippen LogP contribution in [-0.4, -0.2) is 22.5 Å². The Bertz CT molecular complexity index is 469. The second-order valence-electron chi connectivity index (χ2n) is 3.24. The van der Waals surface area contributed by atoms with Crippen molar-refractivity contribution in [3.63, 3.8) is 0 Å². The third-order valence-electron chi connectivity index (χ3n) is 1.98. The monoisotopic (exact) mass is 236 g/mol. The first-order chi connectivity index (χ1) is 8.04. The number of rotatable bonds is 4. The summed E-state index contributed by atoms with van der Waals surface area (Å²) in [5, 5.41) is 10.6. The van der Waals surface area contributed by atoms with Crippen LogP contribution in [0.3, 0.4) is 0 Å². The zero-order chi connectivity index (χ0) is 12.8. The molecule has 0 saturated heterocycles. The molecule has 0 saturated carbocycles. The average molecular weight is 236 g/mol. The van der Waals surface area contributed by atoms with Crippen LogP contribution >= 0.6 is 0 Å². The number of carbonyl (C=O) groups excluding carboxylic acids is 1. The number of aromatic nitrogens is 1. The fraction of sp³-hybridized carbons (Fsp3) is 0.273. The molecule has 1 aromatic heterocycles. The van der Waals surface area contributed by atoms with Crippen LogP contribution < -0.4 is 0 Å². The van der Waals surface area contributed by atoms with E-state index in [1.807, 2.05) is 0 Å². The summed E-state index contributed by atoms with van der Waals surface area (Å²) in [5.41, 5.74) is 0.924. The van der Waals surface area contributed by atoms with Crippen molar-refractivity contribution in [3.05, 3.63) is 39.7 Å². The number of pyridine rings is 1. The lowest BCUT2D eigenvalue weighted by molar-refractivity contribution is -0.385. The first-order valence-electron chi connectivity index (χ1n) is 5.00. The Morgan fingerprint density at radius 3 is 2.88 bits per heavy atom. The van der Waals surface area contributed by atoms with Crippen molar-refractivity contribution < 1.29 is 14.5 Å². The molecule has 0 aliphatic carbocycles. The van der Waals surface area contributed by atoms with E-state index < -0.39 is 10.9 Å². The molecule has 0 unspecified atom stereocenters. The Hall–Kier alpha value is -2.24. The van der Waals surface area contributed by atoms with Crippen molar-refractivity contribution in [3.8, 4) is 0 Å². The molecule has 6 nitrogen and oxygen atoms in total. The quantitative estimate of drug-likeness (QED) is 0.345. The molecule has 90 valence electrons. The highest BCUT2D eigenvalue weighted by Gasteiger charge is 2.10. The first kappa shape index (κ1) is 12.8. The molecule has 0 aliphatic heterocycles. The van der Waals surface area contributed by atoms with Gasteiger partial charge in [0, 0.05) is 11.6 Å². The summed E-state index contributed by atoms with van der Waals surface area (Å²) >= 11 is 0. The van der Waals surface area contributed by atoms with Crippen molar-refractivity contribution >= 4 is 17.7 Å². The average Bonchev–Trinajstić information content (AvgIpc) is 2.26. The van der Waals surface area contributed by atoms with Gasteiger partial charge in [0.25, 0.3) is 5.69 Å². The second-order valence-corrected chi connectivity index (χ2v) is 3.24. The number of hydrogen-bond donors (Lipinski definition) is 0. The molecule has 6 heteroatoms. The van der Waals surface area contributed by atoms with E-state index in [-0.39, 0.29) is 5.69 Å². The maximum absolute atomic E-state index is 11.0. The van der Waals surface area contributed by atoms with Crippen molar-refractivity contribution in [1.82, 2.24) is 4.98 Å². The van der Waals surface area contributed by atoms with Gasteiger partial charge in [0.2, 0.25) is 0 Å². The summed E-state index contributed by atoms with van der Waals surface area (Å²) in [5.74, 6) is -0.467. The number of esters is 1. The molecule has 0 aliphatic rings. The van der Waals surface area contributed by atoms with E-state index in [0.717, 1.165) is 0 Å². The Morgan fingerprint density at radius 1 is 1.65 bits per heavy atom. The SMILES string of the molecule is CCOC(=O)C=Cc1cc(C)c([N+](=O)[O-])cn1. The van der Waals surface area contributed by atoms with Crippen LogP contribution in [0, 0.1) is 17.0 Å². The van der Waals surface area contributed by atoms with E-state index >= 15 is 0 Å². The molecule has 17 heavy (non-hydrogen) atoms. The number of nitrogens with zero attached hydrogens (tertiary/aromatic N) is 2. The molecule has 0 spiro atoms. The van der Waals surface area contributed by atoms with E-state index in [1.165, 1.54) is 24.4 Å². The van der Waals surface area contributed by atoms with E-state index in [0.29, 0.717) is 17.9 Å². The molecule has 1 heterocycles. The highest BCUT2D eigenvalue weighted by molar-refractivity contribution is 5.86. The van der Waals surface area contributed by atoms with Crippen LogP contribution in [0.5, 0.6) is 0 Å². The predicted molar refractivity (Wildman–Crippen MR) is 61.3 cm³/mol. The Labute approximate surface area is 98.1 Å². The highest BCUT2D eigenvalue weighted by atomic mass is 16.6. The van der Waals surface area contributed by atoms with Crippen LogP contribution in [0.4, 0.5) is 5.69 Å². The lowest BCUT2D eigenvalue weighted by atomic mass is 10.2. The fourth-order valence-corrected chi connectivity index (χ4v) is 1.20. The van der Waals surface area contributed by atoms with Gasteiger partial charge in [0.1, 0.15) is 6.20 Å². The van der Waals surface area contributed by atoms with Gasteiger partial charge in [-0.2, -0.15) is 0 Å². The van der Waals surface area contributed by atoms with Gasteiger partial charge in [0.15, 0.2) is 0 Å². The molecular weight excluding hydrogens is 224 g/mol. The third-order valence-corrected chi connectivity index (χ3v) is 1.98.